The highest BCUT2D eigenvalue weighted by molar-refractivity contribution is 7.91. The first-order chi connectivity index (χ1) is 15.7. The SMILES string of the molecule is CC(C)(C)OC(=O)CNCC(=O)OC(C)(C)CS(=O)(=O)c1ccc(Oc2ccc(F)cc2)cc1. The Morgan fingerprint density at radius 1 is 0.824 bits per heavy atom. The van der Waals surface area contributed by atoms with Crippen molar-refractivity contribution in [3.05, 3.63) is 54.3 Å². The molecule has 0 aliphatic carbocycles. The third-order valence-corrected chi connectivity index (χ3v) is 6.18. The Morgan fingerprint density at radius 2 is 1.29 bits per heavy atom. The average molecular weight is 496 g/mol. The van der Waals surface area contributed by atoms with Crippen LogP contribution in [0.3, 0.4) is 0 Å². The van der Waals surface area contributed by atoms with Gasteiger partial charge in [-0.25, -0.2) is 12.8 Å². The van der Waals surface area contributed by atoms with Crippen LogP contribution in [-0.4, -0.2) is 50.4 Å². The van der Waals surface area contributed by atoms with E-state index in [1.165, 1.54) is 62.4 Å². The molecule has 0 saturated heterocycles. The second kappa shape index (κ2) is 11.0. The van der Waals surface area contributed by atoms with Crippen LogP contribution in [0.25, 0.3) is 0 Å². The second-order valence-corrected chi connectivity index (χ2v) is 11.2. The van der Waals surface area contributed by atoms with Crippen molar-refractivity contribution >= 4 is 21.8 Å². The van der Waals surface area contributed by atoms with Gasteiger partial charge in [0.1, 0.15) is 28.5 Å². The summed E-state index contributed by atoms with van der Waals surface area (Å²) in [5, 5.41) is 2.62. The van der Waals surface area contributed by atoms with Crippen LogP contribution in [0.4, 0.5) is 4.39 Å². The van der Waals surface area contributed by atoms with Crippen molar-refractivity contribution in [3.8, 4) is 11.5 Å². The van der Waals surface area contributed by atoms with Gasteiger partial charge in [-0.15, -0.1) is 0 Å². The topological polar surface area (TPSA) is 108 Å². The molecule has 0 unspecified atom stereocenters. The normalized spacial score (nSPS) is 12.2. The van der Waals surface area contributed by atoms with Gasteiger partial charge in [0.2, 0.25) is 0 Å². The van der Waals surface area contributed by atoms with Crippen LogP contribution in [0.1, 0.15) is 34.6 Å². The van der Waals surface area contributed by atoms with E-state index in [2.05, 4.69) is 5.32 Å². The zero-order valence-corrected chi connectivity index (χ0v) is 20.7. The van der Waals surface area contributed by atoms with Crippen LogP contribution in [0.2, 0.25) is 0 Å². The molecule has 0 saturated carbocycles. The molecule has 8 nitrogen and oxygen atoms in total. The number of carbonyl (C=O) groups excluding carboxylic acids is 2. The Morgan fingerprint density at radius 3 is 1.79 bits per heavy atom. The van der Waals surface area contributed by atoms with Crippen LogP contribution < -0.4 is 10.1 Å². The molecule has 0 fully saturated rings. The second-order valence-electron chi connectivity index (χ2n) is 9.21. The molecule has 0 amide bonds. The molecule has 0 aliphatic heterocycles. The van der Waals surface area contributed by atoms with Crippen molar-refractivity contribution in [2.24, 2.45) is 0 Å². The number of nitrogens with one attached hydrogen (secondary N) is 1. The van der Waals surface area contributed by atoms with E-state index in [1.807, 2.05) is 0 Å². The first-order valence-corrected chi connectivity index (χ1v) is 12.2. The summed E-state index contributed by atoms with van der Waals surface area (Å²) < 4.78 is 54.6. The molecule has 2 rings (SSSR count). The maximum Gasteiger partial charge on any atom is 0.320 e. The number of ether oxygens (including phenoxy) is 3. The molecule has 34 heavy (non-hydrogen) atoms. The number of rotatable bonds is 10. The first-order valence-electron chi connectivity index (χ1n) is 10.6. The van der Waals surface area contributed by atoms with Crippen LogP contribution >= 0.6 is 0 Å². The highest BCUT2D eigenvalue weighted by Gasteiger charge is 2.31. The first kappa shape index (κ1) is 27.3. The maximum absolute atomic E-state index is 13.0. The lowest BCUT2D eigenvalue weighted by Crippen LogP contribution is -2.40. The lowest BCUT2D eigenvalue weighted by molar-refractivity contribution is -0.155. The van der Waals surface area contributed by atoms with Gasteiger partial charge in [-0.3, -0.25) is 14.9 Å². The van der Waals surface area contributed by atoms with Crippen molar-refractivity contribution < 1.29 is 36.6 Å². The summed E-state index contributed by atoms with van der Waals surface area (Å²) in [5.74, 6) is -1.27. The van der Waals surface area contributed by atoms with E-state index in [0.29, 0.717) is 11.5 Å². The molecule has 0 bridgehead atoms. The number of hydrogen-bond acceptors (Lipinski definition) is 8. The van der Waals surface area contributed by atoms with E-state index in [1.54, 1.807) is 20.8 Å². The number of hydrogen-bond donors (Lipinski definition) is 1. The smallest absolute Gasteiger partial charge is 0.320 e. The van der Waals surface area contributed by atoms with Crippen molar-refractivity contribution in [1.29, 1.82) is 0 Å². The molecule has 0 aliphatic rings. The number of carbonyl (C=O) groups is 2. The standard InChI is InChI=1S/C24H30FNO7S/c1-23(2,3)32-21(27)14-26-15-22(28)33-24(4,5)16-34(29,30)20-12-10-19(11-13-20)31-18-8-6-17(25)7-9-18/h6-13,26H,14-16H2,1-5H3. The van der Waals surface area contributed by atoms with Gasteiger partial charge in [0.25, 0.3) is 0 Å². The Bertz CT molecular complexity index is 1090. The summed E-state index contributed by atoms with van der Waals surface area (Å²) in [6, 6.07) is 11.2. The number of halogens is 1. The minimum atomic E-state index is -3.79. The Hall–Kier alpha value is -2.98. The van der Waals surface area contributed by atoms with Gasteiger partial charge < -0.3 is 14.2 Å². The fourth-order valence-corrected chi connectivity index (χ4v) is 4.60. The third-order valence-electron chi connectivity index (χ3n) is 4.12. The molecular formula is C24H30FNO7S. The maximum atomic E-state index is 13.0. The van der Waals surface area contributed by atoms with Crippen molar-refractivity contribution in [2.75, 3.05) is 18.8 Å². The summed E-state index contributed by atoms with van der Waals surface area (Å²) in [7, 11) is -3.79. The summed E-state index contributed by atoms with van der Waals surface area (Å²) in [5.41, 5.74) is -1.95. The Kier molecular flexibility index (Phi) is 8.79. The number of esters is 2. The highest BCUT2D eigenvalue weighted by atomic mass is 32.2. The summed E-state index contributed by atoms with van der Waals surface area (Å²) in [6.07, 6.45) is 0. The molecule has 1 N–H and O–H groups in total. The molecule has 0 atom stereocenters. The predicted molar refractivity (Wildman–Crippen MR) is 124 cm³/mol. The fourth-order valence-electron chi connectivity index (χ4n) is 2.91. The zero-order valence-electron chi connectivity index (χ0n) is 19.9. The van der Waals surface area contributed by atoms with Gasteiger partial charge in [0, 0.05) is 0 Å². The summed E-state index contributed by atoms with van der Waals surface area (Å²) in [4.78, 5) is 23.8. The van der Waals surface area contributed by atoms with Gasteiger partial charge in [-0.05, 0) is 83.1 Å². The van der Waals surface area contributed by atoms with Gasteiger partial charge in [-0.2, -0.15) is 0 Å². The summed E-state index contributed by atoms with van der Waals surface area (Å²) in [6.45, 7) is 7.71. The summed E-state index contributed by atoms with van der Waals surface area (Å²) >= 11 is 0. The molecule has 186 valence electrons. The fraction of sp³-hybridized carbons (Fsp3) is 0.417. The molecule has 0 radical (unpaired) electrons. The van der Waals surface area contributed by atoms with E-state index < -0.39 is 44.5 Å². The molecule has 10 heteroatoms. The lowest BCUT2D eigenvalue weighted by Gasteiger charge is -2.25. The van der Waals surface area contributed by atoms with Crippen molar-refractivity contribution in [2.45, 2.75) is 50.7 Å². The van der Waals surface area contributed by atoms with Gasteiger partial charge in [0.05, 0.1) is 23.7 Å². The van der Waals surface area contributed by atoms with Crippen LogP contribution in [0.5, 0.6) is 11.5 Å². The minimum absolute atomic E-state index is 0.0335. The largest absolute Gasteiger partial charge is 0.459 e. The number of sulfone groups is 1. The highest BCUT2D eigenvalue weighted by Crippen LogP contribution is 2.25. The molecule has 2 aromatic carbocycles. The van der Waals surface area contributed by atoms with E-state index >= 15 is 0 Å². The average Bonchev–Trinajstić information content (AvgIpc) is 2.67. The van der Waals surface area contributed by atoms with E-state index in [9.17, 15) is 22.4 Å². The van der Waals surface area contributed by atoms with E-state index in [0.717, 1.165) is 0 Å². The van der Waals surface area contributed by atoms with Crippen LogP contribution in [0.15, 0.2) is 53.4 Å². The number of benzene rings is 2. The zero-order chi connectivity index (χ0) is 25.6. The van der Waals surface area contributed by atoms with E-state index in [-0.39, 0.29) is 18.0 Å². The van der Waals surface area contributed by atoms with Gasteiger partial charge in [0.15, 0.2) is 9.84 Å². The van der Waals surface area contributed by atoms with Gasteiger partial charge >= 0.3 is 11.9 Å². The quantitative estimate of drug-likeness (QED) is 0.498. The predicted octanol–water partition coefficient (Wildman–Crippen LogP) is 3.64. The lowest BCUT2D eigenvalue weighted by atomic mass is 10.2. The van der Waals surface area contributed by atoms with Gasteiger partial charge in [-0.1, -0.05) is 0 Å². The molecule has 2 aromatic rings. The van der Waals surface area contributed by atoms with Crippen molar-refractivity contribution in [1.82, 2.24) is 5.32 Å². The van der Waals surface area contributed by atoms with Crippen LogP contribution in [-0.2, 0) is 28.9 Å². The monoisotopic (exact) mass is 495 g/mol. The van der Waals surface area contributed by atoms with E-state index in [4.69, 9.17) is 14.2 Å². The third kappa shape index (κ3) is 9.48. The van der Waals surface area contributed by atoms with Crippen molar-refractivity contribution in [3.63, 3.8) is 0 Å². The molecule has 0 aromatic heterocycles. The molecule has 0 heterocycles. The minimum Gasteiger partial charge on any atom is -0.459 e. The Labute approximate surface area is 199 Å². The molecular weight excluding hydrogens is 465 g/mol. The molecule has 0 spiro atoms. The Balaban J connectivity index is 1.90. The van der Waals surface area contributed by atoms with Crippen LogP contribution in [0, 0.1) is 5.82 Å².